The zero-order valence-corrected chi connectivity index (χ0v) is 8.19. The minimum Gasteiger partial charge on any atom is -0.394 e. The number of aliphatic hydroxyl groups is 4. The summed E-state index contributed by atoms with van der Waals surface area (Å²) in [6, 6.07) is 0. The van der Waals surface area contributed by atoms with E-state index in [9.17, 15) is 15.3 Å². The molecule has 0 bridgehead atoms. The molecule has 0 aliphatic carbocycles. The largest absolute Gasteiger partial charge is 0.394 e. The van der Waals surface area contributed by atoms with Crippen LogP contribution in [0.5, 0.6) is 0 Å². The topological polar surface area (TPSA) is 99.4 Å². The lowest BCUT2D eigenvalue weighted by atomic mass is 9.99. The van der Waals surface area contributed by atoms with Gasteiger partial charge in [0.15, 0.2) is 6.29 Å². The van der Waals surface area contributed by atoms with E-state index < -0.39 is 37.3 Å². The maximum Gasteiger partial charge on any atom is 0.184 e. The molecular weight excluding hydrogens is 204 g/mol. The van der Waals surface area contributed by atoms with Crippen LogP contribution < -0.4 is 0 Å². The minimum atomic E-state index is -1.47. The Morgan fingerprint density at radius 2 is 1.93 bits per heavy atom. The van der Waals surface area contributed by atoms with Crippen LogP contribution >= 0.6 is 0 Å². The zero-order valence-electron chi connectivity index (χ0n) is 8.19. The molecule has 0 spiro atoms. The zero-order chi connectivity index (χ0) is 11.4. The highest BCUT2D eigenvalue weighted by molar-refractivity contribution is 4.90. The van der Waals surface area contributed by atoms with Crippen molar-refractivity contribution in [2.24, 2.45) is 0 Å². The molecule has 1 aliphatic heterocycles. The molecule has 0 aromatic heterocycles. The van der Waals surface area contributed by atoms with Crippen LogP contribution in [0, 0.1) is 0 Å². The van der Waals surface area contributed by atoms with Crippen molar-refractivity contribution in [2.75, 3.05) is 13.2 Å². The van der Waals surface area contributed by atoms with Crippen LogP contribution in [0.1, 0.15) is 0 Å². The summed E-state index contributed by atoms with van der Waals surface area (Å²) in [4.78, 5) is 0. The van der Waals surface area contributed by atoms with Gasteiger partial charge in [-0.25, -0.2) is 0 Å². The number of aliphatic hydroxyl groups excluding tert-OH is 4. The van der Waals surface area contributed by atoms with E-state index in [0.717, 1.165) is 0 Å². The van der Waals surface area contributed by atoms with Gasteiger partial charge >= 0.3 is 0 Å². The van der Waals surface area contributed by atoms with Crippen LogP contribution in [0.3, 0.4) is 0 Å². The van der Waals surface area contributed by atoms with E-state index in [1.165, 1.54) is 6.08 Å². The summed E-state index contributed by atoms with van der Waals surface area (Å²) < 4.78 is 9.86. The Labute approximate surface area is 87.4 Å². The summed E-state index contributed by atoms with van der Waals surface area (Å²) in [6.07, 6.45) is -4.51. The molecule has 4 N–H and O–H groups in total. The maximum atomic E-state index is 9.63. The molecule has 5 atom stereocenters. The molecule has 6 heteroatoms. The van der Waals surface area contributed by atoms with Crippen LogP contribution in [-0.2, 0) is 9.47 Å². The normalized spacial score (nSPS) is 41.5. The summed E-state index contributed by atoms with van der Waals surface area (Å²) in [5.74, 6) is 0. The molecule has 0 saturated carbocycles. The first-order valence-corrected chi connectivity index (χ1v) is 4.64. The molecule has 15 heavy (non-hydrogen) atoms. The first-order chi connectivity index (χ1) is 7.11. The molecule has 1 aliphatic rings. The minimum absolute atomic E-state index is 0.129. The number of hydrogen-bond donors (Lipinski definition) is 4. The smallest absolute Gasteiger partial charge is 0.184 e. The van der Waals surface area contributed by atoms with Crippen LogP contribution in [0.2, 0.25) is 0 Å². The van der Waals surface area contributed by atoms with Crippen molar-refractivity contribution in [2.45, 2.75) is 30.7 Å². The van der Waals surface area contributed by atoms with Gasteiger partial charge in [0.05, 0.1) is 13.2 Å². The van der Waals surface area contributed by atoms with Gasteiger partial charge in [0.25, 0.3) is 0 Å². The molecule has 0 unspecified atom stereocenters. The Morgan fingerprint density at radius 1 is 1.27 bits per heavy atom. The van der Waals surface area contributed by atoms with Gasteiger partial charge in [-0.15, -0.1) is 6.58 Å². The Balaban J connectivity index is 2.65. The molecule has 1 rings (SSSR count). The molecule has 88 valence electrons. The standard InChI is InChI=1S/C9H16O6/c1-2-3-14-8-6(11)5(4-10)15-9(13)7(8)12/h2,5-13H,1,3-4H2/t5-,6+,7-,8+,9+/m1/s1. The lowest BCUT2D eigenvalue weighted by molar-refractivity contribution is -0.292. The van der Waals surface area contributed by atoms with Crippen LogP contribution in [-0.4, -0.2) is 64.3 Å². The van der Waals surface area contributed by atoms with Gasteiger partial charge in [-0.1, -0.05) is 6.08 Å². The Hall–Kier alpha value is -0.500. The molecule has 1 heterocycles. The van der Waals surface area contributed by atoms with Crippen LogP contribution in [0.25, 0.3) is 0 Å². The van der Waals surface area contributed by atoms with E-state index in [4.69, 9.17) is 14.6 Å². The first-order valence-electron chi connectivity index (χ1n) is 4.64. The van der Waals surface area contributed by atoms with E-state index in [2.05, 4.69) is 6.58 Å². The van der Waals surface area contributed by atoms with E-state index in [1.54, 1.807) is 0 Å². The molecule has 0 aromatic carbocycles. The highest BCUT2D eigenvalue weighted by Crippen LogP contribution is 2.22. The van der Waals surface area contributed by atoms with Crippen molar-refractivity contribution in [3.63, 3.8) is 0 Å². The van der Waals surface area contributed by atoms with Gasteiger partial charge < -0.3 is 29.9 Å². The second-order valence-electron chi connectivity index (χ2n) is 3.32. The maximum absolute atomic E-state index is 9.63. The lowest BCUT2D eigenvalue weighted by Crippen LogP contribution is -2.59. The molecule has 1 fully saturated rings. The fraction of sp³-hybridized carbons (Fsp3) is 0.778. The average Bonchev–Trinajstić information content (AvgIpc) is 2.23. The third-order valence-corrected chi connectivity index (χ3v) is 2.25. The highest BCUT2D eigenvalue weighted by Gasteiger charge is 2.44. The molecule has 6 nitrogen and oxygen atoms in total. The Kier molecular flexibility index (Phi) is 4.65. The molecule has 0 radical (unpaired) electrons. The number of hydrogen-bond acceptors (Lipinski definition) is 6. The molecule has 0 aromatic rings. The van der Waals surface area contributed by atoms with E-state index in [-0.39, 0.29) is 6.61 Å². The quantitative estimate of drug-likeness (QED) is 0.408. The average molecular weight is 220 g/mol. The monoisotopic (exact) mass is 220 g/mol. The van der Waals surface area contributed by atoms with Gasteiger partial charge in [-0.3, -0.25) is 0 Å². The van der Waals surface area contributed by atoms with Crippen molar-refractivity contribution in [3.05, 3.63) is 12.7 Å². The van der Waals surface area contributed by atoms with Crippen molar-refractivity contribution < 1.29 is 29.9 Å². The summed E-state index contributed by atoms with van der Waals surface area (Å²) >= 11 is 0. The van der Waals surface area contributed by atoms with Gasteiger partial charge in [0.2, 0.25) is 0 Å². The van der Waals surface area contributed by atoms with E-state index in [1.807, 2.05) is 0 Å². The van der Waals surface area contributed by atoms with Crippen molar-refractivity contribution in [3.8, 4) is 0 Å². The predicted molar refractivity (Wildman–Crippen MR) is 49.9 cm³/mol. The SMILES string of the molecule is C=CCO[C@@H]1[C@@H](O)[C@@H](O)O[C@H](CO)[C@@H]1O. The van der Waals surface area contributed by atoms with Gasteiger partial charge in [0, 0.05) is 0 Å². The summed E-state index contributed by atoms with van der Waals surface area (Å²) in [6.45, 7) is 3.09. The summed E-state index contributed by atoms with van der Waals surface area (Å²) in [7, 11) is 0. The highest BCUT2D eigenvalue weighted by atomic mass is 16.6. The first kappa shape index (κ1) is 12.6. The van der Waals surface area contributed by atoms with Crippen molar-refractivity contribution in [1.29, 1.82) is 0 Å². The fourth-order valence-electron chi connectivity index (χ4n) is 1.44. The lowest BCUT2D eigenvalue weighted by Gasteiger charge is -2.39. The second kappa shape index (κ2) is 5.55. The second-order valence-corrected chi connectivity index (χ2v) is 3.32. The Morgan fingerprint density at radius 3 is 2.47 bits per heavy atom. The Bertz CT molecular complexity index is 209. The fourth-order valence-corrected chi connectivity index (χ4v) is 1.44. The molecule has 0 amide bonds. The number of ether oxygens (including phenoxy) is 2. The van der Waals surface area contributed by atoms with Crippen molar-refractivity contribution >= 4 is 0 Å². The summed E-state index contributed by atoms with van der Waals surface area (Å²) in [5.41, 5.74) is 0. The number of rotatable bonds is 4. The van der Waals surface area contributed by atoms with Crippen LogP contribution in [0.4, 0.5) is 0 Å². The third-order valence-electron chi connectivity index (χ3n) is 2.25. The predicted octanol–water partition coefficient (Wildman–Crippen LogP) is -2.01. The summed E-state index contributed by atoms with van der Waals surface area (Å²) in [5, 5.41) is 37.2. The van der Waals surface area contributed by atoms with E-state index in [0.29, 0.717) is 0 Å². The van der Waals surface area contributed by atoms with Gasteiger partial charge in [0.1, 0.15) is 24.4 Å². The van der Waals surface area contributed by atoms with Gasteiger partial charge in [-0.2, -0.15) is 0 Å². The molecule has 1 saturated heterocycles. The van der Waals surface area contributed by atoms with Crippen LogP contribution in [0.15, 0.2) is 12.7 Å². The van der Waals surface area contributed by atoms with Crippen molar-refractivity contribution in [1.82, 2.24) is 0 Å². The molecular formula is C9H16O6. The third kappa shape index (κ3) is 2.75. The van der Waals surface area contributed by atoms with E-state index >= 15 is 0 Å². The van der Waals surface area contributed by atoms with Gasteiger partial charge in [-0.05, 0) is 0 Å².